The predicted octanol–water partition coefficient (Wildman–Crippen LogP) is 5.69. The van der Waals surface area contributed by atoms with Crippen LogP contribution in [0.15, 0.2) is 84.9 Å². The second-order valence-electron chi connectivity index (χ2n) is 8.45. The Labute approximate surface area is 215 Å². The van der Waals surface area contributed by atoms with Gasteiger partial charge < -0.3 is 15.0 Å². The van der Waals surface area contributed by atoms with E-state index in [4.69, 9.17) is 21.4 Å². The molecule has 0 aliphatic carbocycles. The number of carbonyl (C=O) groups excluding carboxylic acids is 2. The van der Waals surface area contributed by atoms with Gasteiger partial charge in [-0.25, -0.2) is 4.68 Å². The van der Waals surface area contributed by atoms with Crippen molar-refractivity contribution in [2.75, 3.05) is 19.0 Å². The first-order chi connectivity index (χ1) is 17.4. The molecular weight excluding hydrogens is 476 g/mol. The number of halogens is 1. The van der Waals surface area contributed by atoms with Crippen LogP contribution in [-0.4, -0.2) is 46.2 Å². The van der Waals surface area contributed by atoms with Gasteiger partial charge in [0, 0.05) is 23.2 Å². The minimum absolute atomic E-state index is 0.137. The Morgan fingerprint density at radius 2 is 1.72 bits per heavy atom. The maximum absolute atomic E-state index is 13.2. The van der Waals surface area contributed by atoms with E-state index in [9.17, 15) is 9.59 Å². The van der Waals surface area contributed by atoms with Crippen LogP contribution in [0.25, 0.3) is 16.9 Å². The van der Waals surface area contributed by atoms with Gasteiger partial charge >= 0.3 is 0 Å². The molecule has 184 valence electrons. The summed E-state index contributed by atoms with van der Waals surface area (Å²) in [5, 5.41) is 8.12. The van der Waals surface area contributed by atoms with Crippen LogP contribution in [0.3, 0.4) is 0 Å². The first kappa shape index (κ1) is 25.0. The summed E-state index contributed by atoms with van der Waals surface area (Å²) >= 11 is 6.45. The number of hydrogen-bond donors (Lipinski definition) is 1. The van der Waals surface area contributed by atoms with Crippen LogP contribution in [0.5, 0.6) is 5.75 Å². The molecule has 36 heavy (non-hydrogen) atoms. The van der Waals surface area contributed by atoms with Gasteiger partial charge in [-0.2, -0.15) is 5.10 Å². The van der Waals surface area contributed by atoms with Gasteiger partial charge in [-0.15, -0.1) is 0 Å². The highest BCUT2D eigenvalue weighted by atomic mass is 35.5. The lowest BCUT2D eigenvalue weighted by Crippen LogP contribution is -2.42. The number of hydrogen-bond acceptors (Lipinski definition) is 4. The molecule has 0 unspecified atom stereocenters. The van der Waals surface area contributed by atoms with E-state index in [2.05, 4.69) is 5.32 Å². The van der Waals surface area contributed by atoms with E-state index >= 15 is 0 Å². The molecule has 0 aliphatic heterocycles. The van der Waals surface area contributed by atoms with Gasteiger partial charge in [0.25, 0.3) is 5.91 Å². The molecule has 2 amide bonds. The van der Waals surface area contributed by atoms with E-state index in [1.165, 1.54) is 4.90 Å². The largest absolute Gasteiger partial charge is 0.497 e. The quantitative estimate of drug-likeness (QED) is 0.336. The van der Waals surface area contributed by atoms with Crippen LogP contribution in [0.4, 0.5) is 5.82 Å². The van der Waals surface area contributed by atoms with Gasteiger partial charge in [0.05, 0.1) is 23.5 Å². The lowest BCUT2D eigenvalue weighted by Gasteiger charge is -2.26. The van der Waals surface area contributed by atoms with Gasteiger partial charge in [-0.3, -0.25) is 9.59 Å². The highest BCUT2D eigenvalue weighted by molar-refractivity contribution is 6.32. The number of rotatable bonds is 8. The van der Waals surface area contributed by atoms with E-state index in [0.717, 1.165) is 5.56 Å². The fourth-order valence-corrected chi connectivity index (χ4v) is 3.99. The number of anilines is 1. The summed E-state index contributed by atoms with van der Waals surface area (Å²) < 4.78 is 6.84. The molecule has 0 aliphatic rings. The van der Waals surface area contributed by atoms with Crippen LogP contribution in [0, 0.1) is 0 Å². The zero-order chi connectivity index (χ0) is 25.7. The molecule has 8 heteroatoms. The lowest BCUT2D eigenvalue weighted by atomic mass is 10.1. The smallest absolute Gasteiger partial charge is 0.254 e. The molecule has 1 aromatic heterocycles. The highest BCUT2D eigenvalue weighted by Gasteiger charge is 2.23. The third-order valence-electron chi connectivity index (χ3n) is 5.64. The van der Waals surface area contributed by atoms with Crippen molar-refractivity contribution in [2.45, 2.75) is 19.9 Å². The van der Waals surface area contributed by atoms with Crippen molar-refractivity contribution in [3.05, 3.63) is 95.5 Å². The van der Waals surface area contributed by atoms with Crippen LogP contribution in [-0.2, 0) is 4.79 Å². The zero-order valence-electron chi connectivity index (χ0n) is 20.3. The van der Waals surface area contributed by atoms with E-state index in [1.54, 1.807) is 48.2 Å². The molecule has 4 aromatic rings. The summed E-state index contributed by atoms with van der Waals surface area (Å²) in [6.45, 7) is 3.60. The van der Waals surface area contributed by atoms with Crippen molar-refractivity contribution in [1.29, 1.82) is 0 Å². The molecule has 0 radical (unpaired) electrons. The number of para-hydroxylation sites is 1. The Bertz CT molecular complexity index is 1370. The fourth-order valence-electron chi connectivity index (χ4n) is 3.78. The van der Waals surface area contributed by atoms with Gasteiger partial charge in [-0.05, 0) is 44.2 Å². The van der Waals surface area contributed by atoms with Crippen molar-refractivity contribution >= 4 is 29.2 Å². The van der Waals surface area contributed by atoms with Crippen molar-refractivity contribution in [3.8, 4) is 22.7 Å². The number of amides is 2. The van der Waals surface area contributed by atoms with E-state index in [0.29, 0.717) is 33.5 Å². The number of aromatic nitrogens is 2. The summed E-state index contributed by atoms with van der Waals surface area (Å²) in [5.74, 6) is 0.409. The number of nitrogens with one attached hydrogen (secondary N) is 1. The Hall–Kier alpha value is -4.10. The summed E-state index contributed by atoms with van der Waals surface area (Å²) in [6, 6.07) is 25.4. The number of nitrogens with zero attached hydrogens (tertiary/aromatic N) is 3. The molecular formula is C28H27ClN4O3. The fraction of sp³-hybridized carbons (Fsp3) is 0.179. The van der Waals surface area contributed by atoms with Crippen LogP contribution in [0.1, 0.15) is 24.2 Å². The monoisotopic (exact) mass is 502 g/mol. The van der Waals surface area contributed by atoms with Crippen LogP contribution in [0.2, 0.25) is 5.02 Å². The molecule has 0 atom stereocenters. The number of benzene rings is 3. The normalized spacial score (nSPS) is 10.8. The molecule has 7 nitrogen and oxygen atoms in total. The number of carbonyl (C=O) groups is 2. The van der Waals surface area contributed by atoms with Gasteiger partial charge in [-0.1, -0.05) is 60.1 Å². The highest BCUT2D eigenvalue weighted by Crippen LogP contribution is 2.28. The second-order valence-corrected chi connectivity index (χ2v) is 8.86. The lowest BCUT2D eigenvalue weighted by molar-refractivity contribution is -0.117. The first-order valence-corrected chi connectivity index (χ1v) is 11.9. The van der Waals surface area contributed by atoms with Gasteiger partial charge in [0.2, 0.25) is 5.91 Å². The number of methoxy groups -OCH3 is 1. The van der Waals surface area contributed by atoms with Gasteiger partial charge in [0.1, 0.15) is 18.1 Å². The number of ether oxygens (including phenoxy) is 1. The summed E-state index contributed by atoms with van der Waals surface area (Å²) in [7, 11) is 1.54. The Kier molecular flexibility index (Phi) is 7.71. The van der Waals surface area contributed by atoms with Crippen LogP contribution >= 0.6 is 11.6 Å². The second kappa shape index (κ2) is 11.1. The van der Waals surface area contributed by atoms with E-state index in [-0.39, 0.29) is 24.4 Å². The molecule has 0 saturated carbocycles. The standard InChI is InChI=1S/C28H27ClN4O3/c1-19(2)32(28(35)21-12-9-13-22(16-21)36-3)18-27(34)30-26-17-24(20-10-5-4-6-11-20)31-33(26)25-15-8-7-14-23(25)29/h4-17,19H,18H2,1-3H3,(H,30,34). The van der Waals surface area contributed by atoms with Crippen molar-refractivity contribution in [1.82, 2.24) is 14.7 Å². The zero-order valence-corrected chi connectivity index (χ0v) is 21.1. The molecule has 0 fully saturated rings. The molecule has 1 heterocycles. The van der Waals surface area contributed by atoms with Crippen LogP contribution < -0.4 is 10.1 Å². The minimum atomic E-state index is -0.354. The molecule has 3 aromatic carbocycles. The SMILES string of the molecule is COc1cccc(C(=O)N(CC(=O)Nc2cc(-c3ccccc3)nn2-c2ccccc2Cl)C(C)C)c1. The Morgan fingerprint density at radius 3 is 2.42 bits per heavy atom. The molecule has 0 bridgehead atoms. The summed E-state index contributed by atoms with van der Waals surface area (Å²) in [4.78, 5) is 27.9. The minimum Gasteiger partial charge on any atom is -0.497 e. The maximum atomic E-state index is 13.2. The molecule has 0 saturated heterocycles. The van der Waals surface area contributed by atoms with Crippen molar-refractivity contribution < 1.29 is 14.3 Å². The summed E-state index contributed by atoms with van der Waals surface area (Å²) in [6.07, 6.45) is 0. The first-order valence-electron chi connectivity index (χ1n) is 11.5. The van der Waals surface area contributed by atoms with E-state index in [1.807, 2.05) is 62.4 Å². The van der Waals surface area contributed by atoms with Gasteiger partial charge in [0.15, 0.2) is 0 Å². The third-order valence-corrected chi connectivity index (χ3v) is 5.96. The predicted molar refractivity (Wildman–Crippen MR) is 142 cm³/mol. The Morgan fingerprint density at radius 1 is 1.00 bits per heavy atom. The maximum Gasteiger partial charge on any atom is 0.254 e. The topological polar surface area (TPSA) is 76.5 Å². The average molecular weight is 503 g/mol. The molecule has 0 spiro atoms. The average Bonchev–Trinajstić information content (AvgIpc) is 3.30. The van der Waals surface area contributed by atoms with Crippen molar-refractivity contribution in [2.24, 2.45) is 0 Å². The van der Waals surface area contributed by atoms with Crippen molar-refractivity contribution in [3.63, 3.8) is 0 Å². The Balaban J connectivity index is 1.62. The summed E-state index contributed by atoms with van der Waals surface area (Å²) in [5.41, 5.74) is 2.66. The molecule has 4 rings (SSSR count). The van der Waals surface area contributed by atoms with E-state index < -0.39 is 0 Å². The third kappa shape index (κ3) is 5.58. The molecule has 1 N–H and O–H groups in total.